The van der Waals surface area contributed by atoms with Gasteiger partial charge < -0.3 is 10.0 Å². The van der Waals surface area contributed by atoms with Crippen LogP contribution in [-0.4, -0.2) is 42.7 Å². The van der Waals surface area contributed by atoms with E-state index in [1.807, 2.05) is 31.2 Å². The number of carbonyl (C=O) groups is 2. The van der Waals surface area contributed by atoms with Crippen molar-refractivity contribution < 1.29 is 14.7 Å². The van der Waals surface area contributed by atoms with Gasteiger partial charge in [0.05, 0.1) is 5.69 Å². The summed E-state index contributed by atoms with van der Waals surface area (Å²) < 4.78 is 1.63. The van der Waals surface area contributed by atoms with Gasteiger partial charge in [-0.15, -0.1) is 0 Å². The lowest BCUT2D eigenvalue weighted by atomic mass is 9.93. The smallest absolute Gasteiger partial charge is 0.326 e. The van der Waals surface area contributed by atoms with Crippen molar-refractivity contribution in [1.82, 2.24) is 19.7 Å². The van der Waals surface area contributed by atoms with E-state index in [1.54, 1.807) is 29.2 Å². The van der Waals surface area contributed by atoms with Crippen molar-refractivity contribution in [3.8, 4) is 5.69 Å². The largest absolute Gasteiger partial charge is 0.480 e. The van der Waals surface area contributed by atoms with E-state index in [-0.39, 0.29) is 12.5 Å². The van der Waals surface area contributed by atoms with E-state index in [0.29, 0.717) is 12.0 Å². The monoisotopic (exact) mass is 362 g/mol. The van der Waals surface area contributed by atoms with Crippen molar-refractivity contribution in [2.75, 3.05) is 0 Å². The Morgan fingerprint density at radius 1 is 1.15 bits per heavy atom. The lowest BCUT2D eigenvalue weighted by Gasteiger charge is -2.34. The summed E-state index contributed by atoms with van der Waals surface area (Å²) in [5.41, 5.74) is 4.10. The van der Waals surface area contributed by atoms with Crippen LogP contribution in [0.2, 0.25) is 0 Å². The van der Waals surface area contributed by atoms with Gasteiger partial charge in [0.25, 0.3) is 5.91 Å². The zero-order valence-electron chi connectivity index (χ0n) is 14.7. The molecule has 1 aromatic heterocycles. The summed E-state index contributed by atoms with van der Waals surface area (Å²) in [6.45, 7) is 2.17. The van der Waals surface area contributed by atoms with Crippen LogP contribution in [-0.2, 0) is 17.8 Å². The molecule has 1 aliphatic heterocycles. The van der Waals surface area contributed by atoms with E-state index in [4.69, 9.17) is 0 Å². The van der Waals surface area contributed by atoms with Gasteiger partial charge in [-0.25, -0.2) is 14.5 Å². The van der Waals surface area contributed by atoms with Crippen molar-refractivity contribution in [1.29, 1.82) is 0 Å². The summed E-state index contributed by atoms with van der Waals surface area (Å²) in [7, 11) is 0. The first kappa shape index (κ1) is 17.0. The van der Waals surface area contributed by atoms with Crippen LogP contribution >= 0.6 is 0 Å². The molecule has 0 saturated carbocycles. The maximum Gasteiger partial charge on any atom is 0.326 e. The fourth-order valence-electron chi connectivity index (χ4n) is 3.50. The zero-order chi connectivity index (χ0) is 19.0. The number of nitrogens with zero attached hydrogens (tertiary/aromatic N) is 4. The van der Waals surface area contributed by atoms with E-state index in [0.717, 1.165) is 22.4 Å². The Hall–Kier alpha value is -3.48. The molecule has 0 spiro atoms. The van der Waals surface area contributed by atoms with E-state index < -0.39 is 12.0 Å². The molecule has 0 radical (unpaired) electrons. The maximum atomic E-state index is 13.1. The number of aryl methyl sites for hydroxylation is 1. The van der Waals surface area contributed by atoms with E-state index in [9.17, 15) is 14.7 Å². The summed E-state index contributed by atoms with van der Waals surface area (Å²) in [5.74, 6) is -1.28. The van der Waals surface area contributed by atoms with Crippen LogP contribution in [0.1, 0.15) is 27.0 Å². The second kappa shape index (κ2) is 6.68. The molecule has 1 aliphatic rings. The second-order valence-electron chi connectivity index (χ2n) is 6.60. The molecular formula is C20H18N4O3. The summed E-state index contributed by atoms with van der Waals surface area (Å²) in [4.78, 5) is 30.2. The Morgan fingerprint density at radius 3 is 2.59 bits per heavy atom. The van der Waals surface area contributed by atoms with Gasteiger partial charge >= 0.3 is 5.97 Å². The molecule has 136 valence electrons. The number of aliphatic carboxylic acids is 1. The maximum absolute atomic E-state index is 13.1. The van der Waals surface area contributed by atoms with Crippen LogP contribution in [0.3, 0.4) is 0 Å². The number of fused-ring (bicyclic) bond motifs is 1. The number of carbonyl (C=O) groups excluding carboxylic acids is 1. The minimum absolute atomic E-state index is 0.287. The number of hydrogen-bond donors (Lipinski definition) is 1. The molecule has 1 N–H and O–H groups in total. The number of carboxylic acid groups (broad SMARTS) is 1. The molecule has 0 bridgehead atoms. The molecule has 1 atom stereocenters. The molecule has 0 aliphatic carbocycles. The lowest BCUT2D eigenvalue weighted by molar-refractivity contribution is -0.142. The number of amides is 1. The summed E-state index contributed by atoms with van der Waals surface area (Å²) >= 11 is 0. The van der Waals surface area contributed by atoms with Gasteiger partial charge in [0.15, 0.2) is 0 Å². The Labute approximate surface area is 155 Å². The molecule has 0 unspecified atom stereocenters. The molecule has 7 heteroatoms. The molecule has 1 amide bonds. The second-order valence-corrected chi connectivity index (χ2v) is 6.60. The van der Waals surface area contributed by atoms with Gasteiger partial charge in [0.1, 0.15) is 18.7 Å². The normalized spacial score (nSPS) is 16.0. The molecule has 0 saturated heterocycles. The van der Waals surface area contributed by atoms with E-state index in [1.165, 1.54) is 11.2 Å². The Morgan fingerprint density at radius 2 is 1.93 bits per heavy atom. The van der Waals surface area contributed by atoms with Gasteiger partial charge in [-0.1, -0.05) is 24.3 Å². The van der Waals surface area contributed by atoms with Crippen LogP contribution in [0.25, 0.3) is 5.69 Å². The van der Waals surface area contributed by atoms with Crippen molar-refractivity contribution in [2.45, 2.75) is 25.9 Å². The van der Waals surface area contributed by atoms with Crippen LogP contribution in [0, 0.1) is 6.92 Å². The Kier molecular flexibility index (Phi) is 4.19. The van der Waals surface area contributed by atoms with Gasteiger partial charge in [0.2, 0.25) is 0 Å². The van der Waals surface area contributed by atoms with Crippen LogP contribution in [0.5, 0.6) is 0 Å². The fraction of sp³-hybridized carbons (Fsp3) is 0.200. The fourth-order valence-corrected chi connectivity index (χ4v) is 3.50. The number of benzene rings is 2. The zero-order valence-corrected chi connectivity index (χ0v) is 14.7. The van der Waals surface area contributed by atoms with Crippen molar-refractivity contribution in [3.05, 3.63) is 77.4 Å². The first-order valence-electron chi connectivity index (χ1n) is 8.61. The minimum atomic E-state index is -0.992. The Bertz CT molecular complexity index is 1010. The topological polar surface area (TPSA) is 88.3 Å². The van der Waals surface area contributed by atoms with Gasteiger partial charge in [-0.3, -0.25) is 4.79 Å². The highest BCUT2D eigenvalue weighted by molar-refractivity contribution is 5.97. The standard InChI is InChI=1S/C20H18N4O3/c1-13-8-15(6-7-17(13)24-12-21-11-22-24)19(25)23-10-16-5-3-2-4-14(16)9-18(23)20(26)27/h2-8,11-12,18H,9-10H2,1H3,(H,26,27)/t18-/m1/s1. The lowest BCUT2D eigenvalue weighted by Crippen LogP contribution is -2.48. The quantitative estimate of drug-likeness (QED) is 0.772. The number of carboxylic acids is 1. The molecule has 0 fully saturated rings. The Balaban J connectivity index is 1.67. The van der Waals surface area contributed by atoms with Crippen molar-refractivity contribution >= 4 is 11.9 Å². The third kappa shape index (κ3) is 3.08. The molecule has 4 rings (SSSR count). The highest BCUT2D eigenvalue weighted by Crippen LogP contribution is 2.26. The SMILES string of the molecule is Cc1cc(C(=O)N2Cc3ccccc3C[C@@H]2C(=O)O)ccc1-n1cncn1. The number of aromatic nitrogens is 3. The van der Waals surface area contributed by atoms with Crippen molar-refractivity contribution in [3.63, 3.8) is 0 Å². The summed E-state index contributed by atoms with van der Waals surface area (Å²) in [6, 6.07) is 12.0. The minimum Gasteiger partial charge on any atom is -0.480 e. The number of rotatable bonds is 3. The molecular weight excluding hydrogens is 344 g/mol. The predicted octanol–water partition coefficient (Wildman–Crippen LogP) is 2.23. The van der Waals surface area contributed by atoms with Gasteiger partial charge in [-0.2, -0.15) is 5.10 Å². The molecule has 7 nitrogen and oxygen atoms in total. The highest BCUT2D eigenvalue weighted by atomic mass is 16.4. The first-order valence-corrected chi connectivity index (χ1v) is 8.61. The number of hydrogen-bond acceptors (Lipinski definition) is 4. The average Bonchev–Trinajstić information content (AvgIpc) is 3.20. The van der Waals surface area contributed by atoms with E-state index >= 15 is 0 Å². The van der Waals surface area contributed by atoms with Crippen molar-refractivity contribution in [2.24, 2.45) is 0 Å². The van der Waals surface area contributed by atoms with Gasteiger partial charge in [0, 0.05) is 18.5 Å². The van der Waals surface area contributed by atoms with Crippen LogP contribution in [0.4, 0.5) is 0 Å². The molecule has 27 heavy (non-hydrogen) atoms. The van der Waals surface area contributed by atoms with Crippen LogP contribution < -0.4 is 0 Å². The van der Waals surface area contributed by atoms with Gasteiger partial charge in [-0.05, 0) is 41.8 Å². The third-order valence-corrected chi connectivity index (χ3v) is 4.90. The summed E-state index contributed by atoms with van der Waals surface area (Å²) in [5, 5.41) is 13.7. The third-order valence-electron chi connectivity index (χ3n) is 4.90. The highest BCUT2D eigenvalue weighted by Gasteiger charge is 2.35. The summed E-state index contributed by atoms with van der Waals surface area (Å²) in [6.07, 6.45) is 3.35. The predicted molar refractivity (Wildman–Crippen MR) is 97.5 cm³/mol. The van der Waals surface area contributed by atoms with E-state index in [2.05, 4.69) is 10.1 Å². The molecule has 2 heterocycles. The molecule has 3 aromatic rings. The molecule has 2 aromatic carbocycles. The average molecular weight is 362 g/mol. The first-order chi connectivity index (χ1) is 13.0. The van der Waals surface area contributed by atoms with Crippen LogP contribution in [0.15, 0.2) is 55.1 Å².